The van der Waals surface area contributed by atoms with Crippen LogP contribution in [0.4, 0.5) is 10.5 Å². The lowest BCUT2D eigenvalue weighted by molar-refractivity contribution is -0.134. The van der Waals surface area contributed by atoms with Gasteiger partial charge in [-0.15, -0.1) is 0 Å². The third-order valence-corrected chi connectivity index (χ3v) is 6.35. The average molecular weight is 467 g/mol. The number of anilines is 1. The first-order valence-corrected chi connectivity index (χ1v) is 11.1. The van der Waals surface area contributed by atoms with E-state index in [1.165, 1.54) is 4.90 Å². The summed E-state index contributed by atoms with van der Waals surface area (Å²) < 4.78 is 0. The minimum absolute atomic E-state index is 0.105. The highest BCUT2D eigenvalue weighted by atomic mass is 35.5. The smallest absolute Gasteiger partial charge is 0.319 e. The Hall–Kier alpha value is -3.37. The van der Waals surface area contributed by atoms with Gasteiger partial charge in [-0.05, 0) is 54.7 Å². The number of aryl methyl sites for hydroxylation is 1. The van der Waals surface area contributed by atoms with E-state index in [1.807, 2.05) is 37.3 Å². The summed E-state index contributed by atoms with van der Waals surface area (Å²) in [4.78, 5) is 41.5. The van der Waals surface area contributed by atoms with Crippen LogP contribution in [-0.4, -0.2) is 35.8 Å². The number of halogens is 1. The maximum atomic E-state index is 13.3. The van der Waals surface area contributed by atoms with Crippen molar-refractivity contribution in [3.63, 3.8) is 0 Å². The van der Waals surface area contributed by atoms with Crippen LogP contribution in [0.25, 0.3) is 0 Å². The summed E-state index contributed by atoms with van der Waals surface area (Å²) >= 11 is 6.10. The Bertz CT molecular complexity index is 1120. The number of hydrogen-bond acceptors (Lipinski definition) is 4. The van der Waals surface area contributed by atoms with Crippen LogP contribution in [0, 0.1) is 18.3 Å². The molecule has 1 saturated heterocycles. The summed E-state index contributed by atoms with van der Waals surface area (Å²) in [5, 5.41) is 12.3. The first kappa shape index (κ1) is 24.3. The number of amides is 4. The van der Waals surface area contributed by atoms with Crippen molar-refractivity contribution < 1.29 is 14.4 Å². The zero-order valence-corrected chi connectivity index (χ0v) is 19.9. The second-order valence-electron chi connectivity index (χ2n) is 8.61. The number of nitriles is 1. The molecule has 1 heterocycles. The monoisotopic (exact) mass is 466 g/mol. The molecule has 33 heavy (non-hydrogen) atoms. The highest BCUT2D eigenvalue weighted by Gasteiger charge is 2.49. The molecular weight excluding hydrogens is 440 g/mol. The Labute approximate surface area is 198 Å². The Kier molecular flexibility index (Phi) is 7.09. The summed E-state index contributed by atoms with van der Waals surface area (Å²) in [6, 6.07) is 14.0. The van der Waals surface area contributed by atoms with Gasteiger partial charge in [-0.3, -0.25) is 14.5 Å². The van der Waals surface area contributed by atoms with Crippen molar-refractivity contribution >= 4 is 35.1 Å². The topological polar surface area (TPSA) is 93.5 Å². The Morgan fingerprint density at radius 1 is 1.21 bits per heavy atom. The van der Waals surface area contributed by atoms with Gasteiger partial charge in [-0.25, -0.2) is 4.79 Å². The van der Waals surface area contributed by atoms with E-state index in [0.29, 0.717) is 22.2 Å². The third-order valence-electron chi connectivity index (χ3n) is 5.92. The highest BCUT2D eigenvalue weighted by Crippen LogP contribution is 2.30. The number of urea groups is 1. The van der Waals surface area contributed by atoms with Gasteiger partial charge in [0.15, 0.2) is 0 Å². The lowest BCUT2D eigenvalue weighted by atomic mass is 9.90. The molecule has 1 N–H and O–H groups in total. The summed E-state index contributed by atoms with van der Waals surface area (Å²) in [5.41, 5.74) is 1.83. The molecule has 1 atom stereocenters. The van der Waals surface area contributed by atoms with Crippen LogP contribution in [-0.2, 0) is 15.1 Å². The van der Waals surface area contributed by atoms with Gasteiger partial charge in [0, 0.05) is 17.3 Å². The average Bonchev–Trinajstić information content (AvgIpc) is 3.00. The molecular formula is C25H27ClN4O3. The van der Waals surface area contributed by atoms with E-state index < -0.39 is 29.9 Å². The van der Waals surface area contributed by atoms with E-state index in [1.54, 1.807) is 25.1 Å². The molecule has 0 saturated carbocycles. The molecule has 2 aromatic carbocycles. The van der Waals surface area contributed by atoms with Gasteiger partial charge in [0.25, 0.3) is 5.91 Å². The third kappa shape index (κ3) is 4.86. The molecule has 0 radical (unpaired) electrons. The maximum Gasteiger partial charge on any atom is 0.325 e. The largest absolute Gasteiger partial charge is 0.325 e. The molecule has 0 spiro atoms. The molecule has 8 heteroatoms. The second kappa shape index (κ2) is 9.63. The fourth-order valence-electron chi connectivity index (χ4n) is 3.81. The molecule has 2 aromatic rings. The number of hydrogen-bond donors (Lipinski definition) is 1. The molecule has 0 aliphatic carbocycles. The van der Waals surface area contributed by atoms with Crippen molar-refractivity contribution in [3.8, 4) is 6.07 Å². The number of nitrogens with zero attached hydrogens (tertiary/aromatic N) is 3. The van der Waals surface area contributed by atoms with E-state index in [-0.39, 0.29) is 13.0 Å². The van der Waals surface area contributed by atoms with Crippen molar-refractivity contribution in [3.05, 3.63) is 64.2 Å². The van der Waals surface area contributed by atoms with Gasteiger partial charge in [-0.1, -0.05) is 49.7 Å². The maximum absolute atomic E-state index is 13.3. The zero-order chi connectivity index (χ0) is 24.3. The van der Waals surface area contributed by atoms with E-state index >= 15 is 0 Å². The summed E-state index contributed by atoms with van der Waals surface area (Å²) in [6.45, 7) is 7.30. The summed E-state index contributed by atoms with van der Waals surface area (Å²) in [5.74, 6) is -0.619. The van der Waals surface area contributed by atoms with Gasteiger partial charge in [0.2, 0.25) is 5.91 Å². The number of rotatable bonds is 7. The van der Waals surface area contributed by atoms with Crippen LogP contribution in [0.2, 0.25) is 5.02 Å². The normalized spacial score (nSPS) is 17.8. The summed E-state index contributed by atoms with van der Waals surface area (Å²) in [6.07, 6.45) is 0.105. The minimum atomic E-state index is -1.26. The van der Waals surface area contributed by atoms with Crippen LogP contribution in [0.1, 0.15) is 49.8 Å². The van der Waals surface area contributed by atoms with E-state index in [4.69, 9.17) is 16.9 Å². The SMILES string of the molecule is Cc1cc(N(CCC#N)C(=O)CN2C(=O)NC(C)(c3ccc(C(C)C)cc3)C2=O)ccc1Cl. The van der Waals surface area contributed by atoms with Crippen molar-refractivity contribution in [1.29, 1.82) is 5.26 Å². The number of benzene rings is 2. The molecule has 0 bridgehead atoms. The first-order valence-electron chi connectivity index (χ1n) is 10.8. The standard InChI is InChI=1S/C25H27ClN4O3/c1-16(2)18-6-8-19(9-7-18)25(4)23(32)30(24(33)28-25)15-22(31)29(13-5-12-27)20-10-11-21(26)17(3)14-20/h6-11,14,16H,5,13,15H2,1-4H3,(H,28,33). The van der Waals surface area contributed by atoms with Crippen LogP contribution in [0.3, 0.4) is 0 Å². The van der Waals surface area contributed by atoms with E-state index in [9.17, 15) is 14.4 Å². The quantitative estimate of drug-likeness (QED) is 0.608. The number of imide groups is 1. The molecule has 0 aromatic heterocycles. The van der Waals surface area contributed by atoms with Crippen LogP contribution >= 0.6 is 11.6 Å². The minimum Gasteiger partial charge on any atom is -0.319 e. The van der Waals surface area contributed by atoms with Crippen molar-refractivity contribution in [2.24, 2.45) is 0 Å². The molecule has 4 amide bonds. The van der Waals surface area contributed by atoms with Gasteiger partial charge in [0.05, 0.1) is 12.5 Å². The number of carbonyl (C=O) groups excluding carboxylic acids is 3. The first-order chi connectivity index (χ1) is 15.6. The predicted molar refractivity (Wildman–Crippen MR) is 127 cm³/mol. The van der Waals surface area contributed by atoms with Crippen molar-refractivity contribution in [1.82, 2.24) is 10.2 Å². The van der Waals surface area contributed by atoms with Gasteiger partial charge >= 0.3 is 6.03 Å². The highest BCUT2D eigenvalue weighted by molar-refractivity contribution is 6.31. The number of carbonyl (C=O) groups is 3. The van der Waals surface area contributed by atoms with E-state index in [2.05, 4.69) is 19.2 Å². The number of nitrogens with one attached hydrogen (secondary N) is 1. The molecule has 1 aliphatic heterocycles. The molecule has 172 valence electrons. The van der Waals surface area contributed by atoms with E-state index in [0.717, 1.165) is 16.0 Å². The lowest BCUT2D eigenvalue weighted by Crippen LogP contribution is -2.45. The second-order valence-corrected chi connectivity index (χ2v) is 9.02. The molecule has 1 fully saturated rings. The van der Waals surface area contributed by atoms with Crippen LogP contribution in [0.15, 0.2) is 42.5 Å². The Morgan fingerprint density at radius 3 is 2.45 bits per heavy atom. The van der Waals surface area contributed by atoms with Gasteiger partial charge in [0.1, 0.15) is 12.1 Å². The predicted octanol–water partition coefficient (Wildman–Crippen LogP) is 4.49. The van der Waals surface area contributed by atoms with Gasteiger partial charge < -0.3 is 10.2 Å². The molecule has 1 unspecified atom stereocenters. The van der Waals surface area contributed by atoms with Crippen LogP contribution < -0.4 is 10.2 Å². The molecule has 7 nitrogen and oxygen atoms in total. The van der Waals surface area contributed by atoms with Crippen molar-refractivity contribution in [2.75, 3.05) is 18.0 Å². The zero-order valence-electron chi connectivity index (χ0n) is 19.2. The summed E-state index contributed by atoms with van der Waals surface area (Å²) in [7, 11) is 0. The lowest BCUT2D eigenvalue weighted by Gasteiger charge is -2.25. The Balaban J connectivity index is 1.84. The molecule has 3 rings (SSSR count). The van der Waals surface area contributed by atoms with Crippen LogP contribution in [0.5, 0.6) is 0 Å². The van der Waals surface area contributed by atoms with Crippen molar-refractivity contribution in [2.45, 2.75) is 45.6 Å². The fraction of sp³-hybridized carbons (Fsp3) is 0.360. The van der Waals surface area contributed by atoms with Gasteiger partial charge in [-0.2, -0.15) is 5.26 Å². The fourth-order valence-corrected chi connectivity index (χ4v) is 3.93. The Morgan fingerprint density at radius 2 is 1.88 bits per heavy atom. The molecule has 1 aliphatic rings.